The molecule has 1 unspecified atom stereocenters. The Morgan fingerprint density at radius 2 is 1.81 bits per heavy atom. The molecule has 17 heteroatoms. The molecule has 15 nitrogen and oxygen atoms in total. The molecule has 6 aromatic rings. The number of thiazole rings is 1. The van der Waals surface area contributed by atoms with Crippen LogP contribution >= 0.6 is 11.3 Å². The second kappa shape index (κ2) is 17.4. The van der Waals surface area contributed by atoms with Gasteiger partial charge in [0.15, 0.2) is 5.76 Å². The molecule has 4 aromatic heterocycles. The Bertz CT molecular complexity index is 2570. The Morgan fingerprint density at radius 1 is 1.06 bits per heavy atom. The number of benzene rings is 2. The molecular weight excluding hydrogens is 825 g/mol. The number of rotatable bonds is 13. The summed E-state index contributed by atoms with van der Waals surface area (Å²) in [7, 11) is 5.58. The van der Waals surface area contributed by atoms with Crippen LogP contribution in [0.25, 0.3) is 32.7 Å². The topological polar surface area (TPSA) is 192 Å². The third-order valence-corrected chi connectivity index (χ3v) is 14.0. The minimum Gasteiger partial charge on any atom is -0.507 e. The van der Waals surface area contributed by atoms with E-state index >= 15 is 0 Å². The Hall–Kier alpha value is -5.46. The molecule has 2 aliphatic heterocycles. The van der Waals surface area contributed by atoms with E-state index in [0.29, 0.717) is 61.6 Å². The van der Waals surface area contributed by atoms with Crippen molar-refractivity contribution in [2.75, 3.05) is 32.8 Å². The number of carbonyl (C=O) groups excluding carboxylic acids is 2. The molecule has 323 valence electrons. The van der Waals surface area contributed by atoms with Crippen LogP contribution in [-0.2, 0) is 22.2 Å². The largest absolute Gasteiger partial charge is 0.507 e. The normalized spacial score (nSPS) is 20.1. The summed E-state index contributed by atoms with van der Waals surface area (Å²) in [6, 6.07) is 20.0. The summed E-state index contributed by atoms with van der Waals surface area (Å²) >= 11 is 1.58. The van der Waals surface area contributed by atoms with Crippen LogP contribution in [0.4, 0.5) is 0 Å². The first-order chi connectivity index (χ1) is 29.6. The number of ether oxygens (including phenoxy) is 1. The number of hydrogen-bond donors (Lipinski definition) is 4. The summed E-state index contributed by atoms with van der Waals surface area (Å²) in [5.74, 6) is -1.18. The second-order valence-corrected chi connectivity index (χ2v) is 18.5. The number of β-amino-alcohol motifs (C(OH)–C–C–N with tert-alkyl or cyclic N) is 1. The molecule has 62 heavy (non-hydrogen) atoms. The Morgan fingerprint density at radius 3 is 2.50 bits per heavy atom. The SMILES string of the molecule is Cc1ncsc1-c1ccc([C@H](C)NC(=O)[C@@]2([Si])C[C@@H](O)CN2C(=O)C(c2cc(OCCN3CCC(O)(c4cc5nnc(-c6ccccc6O)cc5n4C)CC3)no2)C(C)C)cc1. The number of nitrogens with zero attached hydrogens (tertiary/aromatic N) is 7. The van der Waals surface area contributed by atoms with Crippen molar-refractivity contribution in [1.29, 1.82) is 0 Å². The zero-order valence-electron chi connectivity index (χ0n) is 35.4. The lowest BCUT2D eigenvalue weighted by atomic mass is 9.88. The zero-order valence-corrected chi connectivity index (χ0v) is 37.2. The van der Waals surface area contributed by atoms with Gasteiger partial charge in [0.1, 0.15) is 34.6 Å². The molecule has 0 spiro atoms. The standard InChI is InChI=1S/C45H51N8O7SSi/c1-26(2)40(42(56)53-24-31(54)23-45(53,62)43(57)47-27(3)29-10-12-30(13-11-29)41-28(4)46-25-61-41)37-22-39(50-60-37)59-19-18-52-16-14-44(58,15-17-52)38-21-34-35(51(38)5)20-33(48-49-34)32-8-6-7-9-36(32)55/h6-13,20-22,25-27,31,40,54-55,58H,14-19,23-24H2,1-5H3,(H,47,57)/t27-,31+,40?,45-/m0/s1. The molecule has 0 aliphatic carbocycles. The molecule has 0 saturated carbocycles. The first-order valence-corrected chi connectivity index (χ1v) is 22.2. The molecule has 4 atom stereocenters. The van der Waals surface area contributed by atoms with Crippen molar-refractivity contribution < 1.29 is 34.2 Å². The van der Waals surface area contributed by atoms with Crippen molar-refractivity contribution in [3.8, 4) is 33.3 Å². The van der Waals surface area contributed by atoms with Gasteiger partial charge in [0, 0.05) is 51.3 Å². The molecule has 4 N–H and O–H groups in total. The molecule has 2 amide bonds. The van der Waals surface area contributed by atoms with Gasteiger partial charge in [0.25, 0.3) is 5.88 Å². The zero-order chi connectivity index (χ0) is 43.9. The summed E-state index contributed by atoms with van der Waals surface area (Å²) in [6.45, 7) is 9.75. The van der Waals surface area contributed by atoms with Gasteiger partial charge in [-0.1, -0.05) is 50.2 Å². The maximum atomic E-state index is 14.4. The van der Waals surface area contributed by atoms with Crippen LogP contribution in [0, 0.1) is 12.8 Å². The van der Waals surface area contributed by atoms with Crippen molar-refractivity contribution >= 4 is 44.4 Å². The molecule has 2 saturated heterocycles. The van der Waals surface area contributed by atoms with Crippen LogP contribution in [0.5, 0.6) is 11.6 Å². The maximum absolute atomic E-state index is 14.4. The predicted molar refractivity (Wildman–Crippen MR) is 234 cm³/mol. The molecule has 6 heterocycles. The van der Waals surface area contributed by atoms with Gasteiger partial charge < -0.3 is 39.4 Å². The molecule has 2 aromatic carbocycles. The van der Waals surface area contributed by atoms with E-state index < -0.39 is 28.7 Å². The second-order valence-electron chi connectivity index (χ2n) is 16.9. The summed E-state index contributed by atoms with van der Waals surface area (Å²) in [5.41, 5.74) is 7.04. The molecule has 3 radical (unpaired) electrons. The fraction of sp³-hybridized carbons (Fsp3) is 0.422. The van der Waals surface area contributed by atoms with Crippen LogP contribution in [0.1, 0.15) is 74.7 Å². The van der Waals surface area contributed by atoms with E-state index in [1.807, 2.05) is 87.3 Å². The van der Waals surface area contributed by atoms with Gasteiger partial charge in [-0.3, -0.25) is 14.5 Å². The Labute approximate surface area is 367 Å². The predicted octanol–water partition coefficient (Wildman–Crippen LogP) is 5.20. The minimum absolute atomic E-state index is 0.0135. The van der Waals surface area contributed by atoms with Gasteiger partial charge in [-0.25, -0.2) is 4.98 Å². The van der Waals surface area contributed by atoms with Gasteiger partial charge in [-0.2, -0.15) is 0 Å². The van der Waals surface area contributed by atoms with Crippen molar-refractivity contribution in [2.24, 2.45) is 13.0 Å². The number of aliphatic hydroxyl groups is 2. The molecule has 0 bridgehead atoms. The van der Waals surface area contributed by atoms with Crippen molar-refractivity contribution in [3.05, 3.63) is 95.0 Å². The van der Waals surface area contributed by atoms with E-state index in [0.717, 1.165) is 32.9 Å². The van der Waals surface area contributed by atoms with E-state index in [1.54, 1.807) is 35.6 Å². The minimum atomic E-state index is -1.49. The number of carbonyl (C=O) groups is 2. The van der Waals surface area contributed by atoms with Crippen molar-refractivity contribution in [2.45, 2.75) is 75.8 Å². The third-order valence-electron chi connectivity index (χ3n) is 12.3. The van der Waals surface area contributed by atoms with Crippen LogP contribution in [0.2, 0.25) is 0 Å². The maximum Gasteiger partial charge on any atom is 0.254 e. The number of aromatic nitrogens is 5. The number of phenolic OH excluding ortho intramolecular Hbond substituents is 1. The lowest BCUT2D eigenvalue weighted by Gasteiger charge is -2.38. The van der Waals surface area contributed by atoms with E-state index in [-0.39, 0.29) is 42.5 Å². The molecule has 2 fully saturated rings. The number of para-hydroxylation sites is 1. The number of hydrogen-bond acceptors (Lipinski definition) is 13. The quantitative estimate of drug-likeness (QED) is 0.111. The van der Waals surface area contributed by atoms with Crippen LogP contribution in [0.3, 0.4) is 0 Å². The highest BCUT2D eigenvalue weighted by molar-refractivity contribution is 7.13. The third kappa shape index (κ3) is 8.38. The van der Waals surface area contributed by atoms with E-state index in [1.165, 1.54) is 4.90 Å². The van der Waals surface area contributed by atoms with E-state index in [9.17, 15) is 24.9 Å². The Balaban J connectivity index is 0.864. The number of likely N-dealkylation sites (tertiary alicyclic amines) is 2. The highest BCUT2D eigenvalue weighted by atomic mass is 32.1. The number of aliphatic hydroxyl groups excluding tert-OH is 1. The van der Waals surface area contributed by atoms with Crippen molar-refractivity contribution in [3.63, 3.8) is 0 Å². The monoisotopic (exact) mass is 875 g/mol. The van der Waals surface area contributed by atoms with Gasteiger partial charge in [0.05, 0.1) is 55.4 Å². The number of aryl methyl sites for hydroxylation is 2. The number of aromatic hydroxyl groups is 1. The molecular formula is C45H51N8O7SSi. The first kappa shape index (κ1) is 43.2. The number of fused-ring (bicyclic) bond motifs is 1. The average molecular weight is 876 g/mol. The average Bonchev–Trinajstić information content (AvgIpc) is 4.05. The van der Waals surface area contributed by atoms with Gasteiger partial charge >= 0.3 is 0 Å². The van der Waals surface area contributed by atoms with Gasteiger partial charge in [-0.05, 0) is 73.2 Å². The fourth-order valence-electron chi connectivity index (χ4n) is 8.74. The highest BCUT2D eigenvalue weighted by Crippen LogP contribution is 2.38. The summed E-state index contributed by atoms with van der Waals surface area (Å²) in [4.78, 5) is 37.4. The number of piperidine rings is 1. The number of amides is 2. The molecule has 2 aliphatic rings. The lowest BCUT2D eigenvalue weighted by molar-refractivity contribution is -0.143. The highest BCUT2D eigenvalue weighted by Gasteiger charge is 2.52. The van der Waals surface area contributed by atoms with Gasteiger partial charge in [0.2, 0.25) is 11.8 Å². The van der Waals surface area contributed by atoms with Crippen LogP contribution in [-0.4, -0.2) is 116 Å². The summed E-state index contributed by atoms with van der Waals surface area (Å²) in [5, 5.41) is 47.4. The summed E-state index contributed by atoms with van der Waals surface area (Å²) < 4.78 is 13.7. The van der Waals surface area contributed by atoms with E-state index in [4.69, 9.17) is 9.26 Å². The summed E-state index contributed by atoms with van der Waals surface area (Å²) in [6.07, 6.45) is 0.0968. The van der Waals surface area contributed by atoms with Crippen LogP contribution in [0.15, 0.2) is 76.8 Å². The first-order valence-electron chi connectivity index (χ1n) is 20.9. The molecule has 8 rings (SSSR count). The van der Waals surface area contributed by atoms with E-state index in [2.05, 4.69) is 40.8 Å². The van der Waals surface area contributed by atoms with Gasteiger partial charge in [-0.15, -0.1) is 21.5 Å². The number of nitrogens with one attached hydrogen (secondary N) is 1. The lowest BCUT2D eigenvalue weighted by Crippen LogP contribution is -2.59. The number of phenols is 1. The Kier molecular flexibility index (Phi) is 12.1. The van der Waals surface area contributed by atoms with Crippen molar-refractivity contribution in [1.82, 2.24) is 40.0 Å². The fourth-order valence-corrected chi connectivity index (χ4v) is 10.1. The smallest absolute Gasteiger partial charge is 0.254 e. The van der Waals surface area contributed by atoms with Crippen LogP contribution < -0.4 is 10.1 Å².